The summed E-state index contributed by atoms with van der Waals surface area (Å²) < 4.78 is 6.12. The van der Waals surface area contributed by atoms with Gasteiger partial charge in [0.1, 0.15) is 0 Å². The van der Waals surface area contributed by atoms with Crippen LogP contribution in [0, 0.1) is 10.1 Å². The van der Waals surface area contributed by atoms with E-state index >= 15 is 0 Å². The highest BCUT2D eigenvalue weighted by Gasteiger charge is 2.17. The Labute approximate surface area is 120 Å². The van der Waals surface area contributed by atoms with Crippen LogP contribution in [0.25, 0.3) is 0 Å². The lowest BCUT2D eigenvalue weighted by molar-refractivity contribution is -0.386. The minimum Gasteiger partial charge on any atom is -0.486 e. The molecule has 0 aliphatic carbocycles. The van der Waals surface area contributed by atoms with Gasteiger partial charge in [0.05, 0.1) is 16.0 Å². The lowest BCUT2D eigenvalue weighted by Crippen LogP contribution is -2.01. The van der Waals surface area contributed by atoms with Crippen molar-refractivity contribution in [2.24, 2.45) is 0 Å². The van der Waals surface area contributed by atoms with Crippen LogP contribution >= 0.6 is 28.6 Å². The van der Waals surface area contributed by atoms with Gasteiger partial charge >= 0.3 is 5.69 Å². The minimum atomic E-state index is -0.430. The summed E-state index contributed by atoms with van der Waals surface area (Å²) >= 11 is 7.41. The van der Waals surface area contributed by atoms with Crippen LogP contribution < -0.4 is 4.74 Å². The Morgan fingerprint density at radius 1 is 1.28 bits per heavy atom. The lowest BCUT2D eigenvalue weighted by Gasteiger charge is -2.08. The molecule has 0 radical (unpaired) electrons. The minimum absolute atomic E-state index is 0.000247. The molecule has 0 saturated carbocycles. The summed E-state index contributed by atoms with van der Waals surface area (Å²) in [5.41, 5.74) is -0.000247. The van der Waals surface area contributed by atoms with Crippen LogP contribution in [0.5, 0.6) is 5.75 Å². The number of rotatable bonds is 8. The molecule has 1 aromatic rings. The number of hydrogen-bond donors (Lipinski definition) is 1. The zero-order valence-corrected chi connectivity index (χ0v) is 12.5. The standard InChI is InChI=1S/C12H16BrNO3S/c13-10-6-5-7-11(14(15)16)12(10)17-8-3-1-2-4-9-18/h5-7,18H,1-4,8-9H2. The number of hydrogen-bond acceptors (Lipinski definition) is 4. The number of halogens is 1. The van der Waals surface area contributed by atoms with E-state index in [1.807, 2.05) is 0 Å². The van der Waals surface area contributed by atoms with Crippen LogP contribution in [0.1, 0.15) is 25.7 Å². The summed E-state index contributed by atoms with van der Waals surface area (Å²) in [6, 6.07) is 4.81. The smallest absolute Gasteiger partial charge is 0.312 e. The number of para-hydroxylation sites is 1. The number of benzene rings is 1. The van der Waals surface area contributed by atoms with Crippen molar-refractivity contribution in [3.05, 3.63) is 32.8 Å². The molecule has 1 rings (SSSR count). The first-order valence-corrected chi connectivity index (χ1v) is 7.26. The van der Waals surface area contributed by atoms with Crippen molar-refractivity contribution in [1.82, 2.24) is 0 Å². The summed E-state index contributed by atoms with van der Waals surface area (Å²) in [6.07, 6.45) is 4.16. The molecule has 0 fully saturated rings. The van der Waals surface area contributed by atoms with Gasteiger partial charge in [-0.3, -0.25) is 10.1 Å². The van der Waals surface area contributed by atoms with E-state index in [1.54, 1.807) is 12.1 Å². The van der Waals surface area contributed by atoms with Gasteiger partial charge in [-0.05, 0) is 40.6 Å². The van der Waals surface area contributed by atoms with Crippen molar-refractivity contribution < 1.29 is 9.66 Å². The lowest BCUT2D eigenvalue weighted by atomic mass is 10.2. The molecule has 18 heavy (non-hydrogen) atoms. The summed E-state index contributed by atoms with van der Waals surface area (Å²) in [5.74, 6) is 1.22. The van der Waals surface area contributed by atoms with Crippen LogP contribution in [-0.2, 0) is 0 Å². The van der Waals surface area contributed by atoms with Crippen molar-refractivity contribution in [2.75, 3.05) is 12.4 Å². The van der Waals surface area contributed by atoms with Crippen molar-refractivity contribution in [2.45, 2.75) is 25.7 Å². The van der Waals surface area contributed by atoms with E-state index in [-0.39, 0.29) is 5.69 Å². The monoisotopic (exact) mass is 333 g/mol. The summed E-state index contributed by atoms with van der Waals surface area (Å²) in [5, 5.41) is 10.8. The first-order chi connectivity index (χ1) is 8.66. The van der Waals surface area contributed by atoms with Crippen LogP contribution in [0.3, 0.4) is 0 Å². The third-order valence-electron chi connectivity index (χ3n) is 2.44. The van der Waals surface area contributed by atoms with Crippen molar-refractivity contribution in [3.8, 4) is 5.75 Å². The number of nitro benzene ring substituents is 1. The van der Waals surface area contributed by atoms with Crippen molar-refractivity contribution in [1.29, 1.82) is 0 Å². The Balaban J connectivity index is 2.48. The fourth-order valence-corrected chi connectivity index (χ4v) is 2.22. The maximum absolute atomic E-state index is 10.8. The fourth-order valence-electron chi connectivity index (χ4n) is 1.53. The van der Waals surface area contributed by atoms with Crippen LogP contribution in [0.15, 0.2) is 22.7 Å². The molecule has 6 heteroatoms. The third-order valence-corrected chi connectivity index (χ3v) is 3.38. The van der Waals surface area contributed by atoms with E-state index in [0.717, 1.165) is 31.4 Å². The number of ether oxygens (including phenoxy) is 1. The second-order valence-corrected chi connectivity index (χ2v) is 5.13. The van der Waals surface area contributed by atoms with Gasteiger partial charge in [-0.1, -0.05) is 18.9 Å². The molecule has 0 aliphatic heterocycles. The van der Waals surface area contributed by atoms with Gasteiger partial charge in [0.15, 0.2) is 0 Å². The second kappa shape index (κ2) is 8.37. The predicted octanol–water partition coefficient (Wildman–Crippen LogP) is 4.23. The first-order valence-electron chi connectivity index (χ1n) is 5.83. The number of unbranched alkanes of at least 4 members (excludes halogenated alkanes) is 3. The number of nitrogens with zero attached hydrogens (tertiary/aromatic N) is 1. The highest BCUT2D eigenvalue weighted by atomic mass is 79.9. The summed E-state index contributed by atoms with van der Waals surface area (Å²) in [4.78, 5) is 10.4. The molecule has 4 nitrogen and oxygen atoms in total. The Morgan fingerprint density at radius 3 is 2.67 bits per heavy atom. The van der Waals surface area contributed by atoms with E-state index in [9.17, 15) is 10.1 Å². The van der Waals surface area contributed by atoms with Crippen LogP contribution in [0.2, 0.25) is 0 Å². The van der Waals surface area contributed by atoms with E-state index in [0.29, 0.717) is 16.8 Å². The number of nitro groups is 1. The van der Waals surface area contributed by atoms with E-state index < -0.39 is 4.92 Å². The summed E-state index contributed by atoms with van der Waals surface area (Å²) in [6.45, 7) is 0.496. The van der Waals surface area contributed by atoms with Crippen molar-refractivity contribution >= 4 is 34.2 Å². The van der Waals surface area contributed by atoms with Crippen molar-refractivity contribution in [3.63, 3.8) is 0 Å². The maximum Gasteiger partial charge on any atom is 0.312 e. The Hall–Kier alpha value is -0.750. The van der Waals surface area contributed by atoms with E-state index in [1.165, 1.54) is 6.07 Å². The molecule has 100 valence electrons. The average Bonchev–Trinajstić information content (AvgIpc) is 2.34. The van der Waals surface area contributed by atoms with Gasteiger partial charge in [0.25, 0.3) is 0 Å². The molecule has 0 unspecified atom stereocenters. The topological polar surface area (TPSA) is 52.4 Å². The van der Waals surface area contributed by atoms with Gasteiger partial charge in [-0.15, -0.1) is 0 Å². The zero-order valence-electron chi connectivity index (χ0n) is 9.97. The molecule has 0 atom stereocenters. The van der Waals surface area contributed by atoms with Gasteiger partial charge < -0.3 is 4.74 Å². The Bertz CT molecular complexity index is 401. The second-order valence-electron chi connectivity index (χ2n) is 3.83. The van der Waals surface area contributed by atoms with E-state index in [2.05, 4.69) is 28.6 Å². The molecular formula is C12H16BrNO3S. The quantitative estimate of drug-likeness (QED) is 0.335. The Morgan fingerprint density at radius 2 is 2.00 bits per heavy atom. The van der Waals surface area contributed by atoms with Crippen LogP contribution in [0.4, 0.5) is 5.69 Å². The molecule has 0 saturated heterocycles. The summed E-state index contributed by atoms with van der Waals surface area (Å²) in [7, 11) is 0. The molecular weight excluding hydrogens is 318 g/mol. The Kier molecular flexibility index (Phi) is 7.12. The van der Waals surface area contributed by atoms with E-state index in [4.69, 9.17) is 4.74 Å². The van der Waals surface area contributed by atoms with Gasteiger partial charge in [0, 0.05) is 6.07 Å². The molecule has 1 aromatic carbocycles. The molecule has 0 aliphatic rings. The largest absolute Gasteiger partial charge is 0.486 e. The van der Waals surface area contributed by atoms with Crippen LogP contribution in [-0.4, -0.2) is 17.3 Å². The molecule has 0 N–H and O–H groups in total. The molecule has 0 amide bonds. The predicted molar refractivity (Wildman–Crippen MR) is 78.6 cm³/mol. The maximum atomic E-state index is 10.8. The van der Waals surface area contributed by atoms with Gasteiger partial charge in [-0.25, -0.2) is 0 Å². The molecule has 0 aromatic heterocycles. The first kappa shape index (κ1) is 15.3. The van der Waals surface area contributed by atoms with Gasteiger partial charge in [-0.2, -0.15) is 12.6 Å². The SMILES string of the molecule is O=[N+]([O-])c1cccc(Br)c1OCCCCCCS. The third kappa shape index (κ3) is 4.86. The average molecular weight is 334 g/mol. The number of thiol groups is 1. The van der Waals surface area contributed by atoms with Gasteiger partial charge in [0.2, 0.25) is 5.75 Å². The molecule has 0 heterocycles. The highest BCUT2D eigenvalue weighted by Crippen LogP contribution is 2.34. The molecule has 0 spiro atoms. The molecule has 0 bridgehead atoms. The zero-order chi connectivity index (χ0) is 13.4. The fraction of sp³-hybridized carbons (Fsp3) is 0.500. The normalized spacial score (nSPS) is 10.3. The highest BCUT2D eigenvalue weighted by molar-refractivity contribution is 9.10.